The van der Waals surface area contributed by atoms with Gasteiger partial charge in [0, 0.05) is 44.2 Å². The Balaban J connectivity index is 1.48. The average Bonchev–Trinajstić information content (AvgIpc) is 2.93. The zero-order valence-corrected chi connectivity index (χ0v) is 12.9. The maximum Gasteiger partial charge on any atom is 0.242 e. The van der Waals surface area contributed by atoms with E-state index in [1.54, 1.807) is 12.3 Å². The predicted molar refractivity (Wildman–Crippen MR) is 79.4 cm³/mol. The molecule has 1 aliphatic carbocycles. The minimum absolute atomic E-state index is 0.317. The highest BCUT2D eigenvalue weighted by Gasteiger charge is 2.21. The van der Waals surface area contributed by atoms with E-state index in [0.717, 1.165) is 31.7 Å². The van der Waals surface area contributed by atoms with E-state index in [1.165, 1.54) is 12.8 Å². The number of rotatable bonds is 8. The molecule has 1 saturated carbocycles. The lowest BCUT2D eigenvalue weighted by Gasteiger charge is -2.08. The van der Waals surface area contributed by atoms with Crippen molar-refractivity contribution in [3.63, 3.8) is 0 Å². The molecular formula is C14H23N3O3S. The second kappa shape index (κ2) is 6.48. The molecule has 1 saturated heterocycles. The first-order valence-corrected chi connectivity index (χ1v) is 9.10. The Labute approximate surface area is 125 Å². The molecule has 0 radical (unpaired) electrons. The largest absolute Gasteiger partial charge is 0.381 e. The zero-order valence-electron chi connectivity index (χ0n) is 12.1. The van der Waals surface area contributed by atoms with Gasteiger partial charge in [-0.1, -0.05) is 0 Å². The summed E-state index contributed by atoms with van der Waals surface area (Å²) in [4.78, 5) is 3.34. The lowest BCUT2D eigenvalue weighted by atomic mass is 10.1. The maximum absolute atomic E-state index is 12.2. The number of nitrogens with one attached hydrogen (secondary N) is 3. The van der Waals surface area contributed by atoms with Gasteiger partial charge in [0.15, 0.2) is 0 Å². The second-order valence-electron chi connectivity index (χ2n) is 5.93. The molecule has 2 aliphatic rings. The molecule has 2 heterocycles. The fourth-order valence-corrected chi connectivity index (χ4v) is 3.57. The summed E-state index contributed by atoms with van der Waals surface area (Å²) in [5.41, 5.74) is 0.909. The van der Waals surface area contributed by atoms with Crippen LogP contribution in [0.3, 0.4) is 0 Å². The maximum atomic E-state index is 12.2. The molecule has 1 aromatic heterocycles. The number of H-pyrrole nitrogens is 1. The molecule has 0 amide bonds. The van der Waals surface area contributed by atoms with E-state index < -0.39 is 10.0 Å². The molecule has 21 heavy (non-hydrogen) atoms. The van der Waals surface area contributed by atoms with Gasteiger partial charge in [0.05, 0.1) is 4.90 Å². The van der Waals surface area contributed by atoms with Gasteiger partial charge in [-0.05, 0) is 37.7 Å². The first kappa shape index (κ1) is 15.0. The van der Waals surface area contributed by atoms with E-state index >= 15 is 0 Å². The quantitative estimate of drug-likeness (QED) is 0.668. The summed E-state index contributed by atoms with van der Waals surface area (Å²) in [5, 5.41) is 3.36. The van der Waals surface area contributed by atoms with Crippen LogP contribution in [0.1, 0.15) is 31.4 Å². The minimum Gasteiger partial charge on any atom is -0.381 e. The van der Waals surface area contributed by atoms with Crippen molar-refractivity contribution < 1.29 is 13.2 Å². The van der Waals surface area contributed by atoms with E-state index in [9.17, 15) is 8.42 Å². The highest BCUT2D eigenvalue weighted by Crippen LogP contribution is 2.20. The Kier molecular flexibility index (Phi) is 4.63. The van der Waals surface area contributed by atoms with Crippen LogP contribution in [0.25, 0.3) is 0 Å². The Morgan fingerprint density at radius 3 is 2.90 bits per heavy atom. The Bertz CT molecular complexity index is 560. The van der Waals surface area contributed by atoms with Crippen molar-refractivity contribution in [3.05, 3.63) is 18.0 Å². The van der Waals surface area contributed by atoms with Gasteiger partial charge >= 0.3 is 0 Å². The van der Waals surface area contributed by atoms with Gasteiger partial charge in [-0.25, -0.2) is 13.1 Å². The van der Waals surface area contributed by atoms with Crippen LogP contribution < -0.4 is 10.0 Å². The van der Waals surface area contributed by atoms with Crippen LogP contribution in [0.5, 0.6) is 0 Å². The van der Waals surface area contributed by atoms with Crippen LogP contribution in [0.4, 0.5) is 0 Å². The molecule has 118 valence electrons. The third kappa shape index (κ3) is 4.29. The lowest BCUT2D eigenvalue weighted by molar-refractivity contribution is 0.184. The molecule has 1 atom stereocenters. The molecule has 1 unspecified atom stereocenters. The van der Waals surface area contributed by atoms with Crippen LogP contribution in [-0.4, -0.2) is 39.2 Å². The molecule has 0 bridgehead atoms. The number of aromatic nitrogens is 1. The molecule has 1 aromatic rings. The van der Waals surface area contributed by atoms with Gasteiger partial charge in [-0.2, -0.15) is 0 Å². The van der Waals surface area contributed by atoms with Crippen molar-refractivity contribution in [1.29, 1.82) is 0 Å². The van der Waals surface area contributed by atoms with Gasteiger partial charge in [0.1, 0.15) is 0 Å². The molecule has 0 aromatic carbocycles. The second-order valence-corrected chi connectivity index (χ2v) is 7.70. The van der Waals surface area contributed by atoms with Gasteiger partial charge < -0.3 is 15.0 Å². The summed E-state index contributed by atoms with van der Waals surface area (Å²) in [6, 6.07) is 2.32. The van der Waals surface area contributed by atoms with Crippen LogP contribution in [-0.2, 0) is 21.3 Å². The molecular weight excluding hydrogens is 290 g/mol. The standard InChI is InChI=1S/C14H23N3O3S/c18-21(19,17-5-3-11-4-6-20-10-11)14-7-13(16-9-14)8-15-12-1-2-12/h7,9,11-12,15-17H,1-6,8,10H2. The number of hydrogen-bond acceptors (Lipinski definition) is 4. The normalized spacial score (nSPS) is 22.8. The van der Waals surface area contributed by atoms with Gasteiger partial charge in [0.2, 0.25) is 10.0 Å². The summed E-state index contributed by atoms with van der Waals surface area (Å²) in [5.74, 6) is 0.484. The molecule has 3 rings (SSSR count). The third-order valence-electron chi connectivity index (χ3n) is 4.05. The SMILES string of the molecule is O=S(=O)(NCCC1CCOC1)c1c[nH]c(CNC2CC2)c1. The van der Waals surface area contributed by atoms with Crippen LogP contribution in [0.15, 0.2) is 17.2 Å². The number of sulfonamides is 1. The average molecular weight is 313 g/mol. The summed E-state index contributed by atoms with van der Waals surface area (Å²) in [6.07, 6.45) is 5.87. The summed E-state index contributed by atoms with van der Waals surface area (Å²) in [7, 11) is -3.40. The van der Waals surface area contributed by atoms with E-state index in [1.807, 2.05) is 0 Å². The summed E-state index contributed by atoms with van der Waals surface area (Å²) in [6.45, 7) is 2.71. The molecule has 2 fully saturated rings. The van der Waals surface area contributed by atoms with E-state index in [0.29, 0.717) is 29.9 Å². The van der Waals surface area contributed by atoms with Crippen molar-refractivity contribution in [1.82, 2.24) is 15.0 Å². The smallest absolute Gasteiger partial charge is 0.242 e. The Hall–Kier alpha value is -0.890. The van der Waals surface area contributed by atoms with E-state index in [-0.39, 0.29) is 0 Å². The lowest BCUT2D eigenvalue weighted by Crippen LogP contribution is -2.26. The topological polar surface area (TPSA) is 83.2 Å². The molecule has 6 nitrogen and oxygen atoms in total. The van der Waals surface area contributed by atoms with Crippen molar-refractivity contribution in [2.75, 3.05) is 19.8 Å². The number of hydrogen-bond donors (Lipinski definition) is 3. The van der Waals surface area contributed by atoms with Crippen molar-refractivity contribution in [3.8, 4) is 0 Å². The molecule has 7 heteroatoms. The predicted octanol–water partition coefficient (Wildman–Crippen LogP) is 0.972. The van der Waals surface area contributed by atoms with Gasteiger partial charge in [-0.15, -0.1) is 0 Å². The fourth-order valence-electron chi connectivity index (χ4n) is 2.51. The van der Waals surface area contributed by atoms with Crippen molar-refractivity contribution in [2.45, 2.75) is 43.2 Å². The zero-order chi connectivity index (χ0) is 14.7. The highest BCUT2D eigenvalue weighted by molar-refractivity contribution is 7.89. The summed E-state index contributed by atoms with van der Waals surface area (Å²) >= 11 is 0. The Morgan fingerprint density at radius 2 is 2.19 bits per heavy atom. The van der Waals surface area contributed by atoms with Crippen LogP contribution in [0, 0.1) is 5.92 Å². The Morgan fingerprint density at radius 1 is 1.33 bits per heavy atom. The molecule has 0 spiro atoms. The highest BCUT2D eigenvalue weighted by atomic mass is 32.2. The van der Waals surface area contributed by atoms with Gasteiger partial charge in [-0.3, -0.25) is 0 Å². The summed E-state index contributed by atoms with van der Waals surface area (Å²) < 4.78 is 32.3. The van der Waals surface area contributed by atoms with E-state index in [4.69, 9.17) is 4.74 Å². The van der Waals surface area contributed by atoms with E-state index in [2.05, 4.69) is 15.0 Å². The fraction of sp³-hybridized carbons (Fsp3) is 0.714. The third-order valence-corrected chi connectivity index (χ3v) is 5.49. The minimum atomic E-state index is -3.40. The van der Waals surface area contributed by atoms with Crippen LogP contribution >= 0.6 is 0 Å². The van der Waals surface area contributed by atoms with Gasteiger partial charge in [0.25, 0.3) is 0 Å². The van der Waals surface area contributed by atoms with Crippen molar-refractivity contribution >= 4 is 10.0 Å². The number of ether oxygens (including phenoxy) is 1. The molecule has 1 aliphatic heterocycles. The number of aromatic amines is 1. The monoisotopic (exact) mass is 313 g/mol. The van der Waals surface area contributed by atoms with Crippen molar-refractivity contribution in [2.24, 2.45) is 5.92 Å². The first-order chi connectivity index (χ1) is 10.1. The van der Waals surface area contributed by atoms with Crippen LogP contribution in [0.2, 0.25) is 0 Å². The molecule has 3 N–H and O–H groups in total. The first-order valence-electron chi connectivity index (χ1n) is 7.61.